The zero-order valence-electron chi connectivity index (χ0n) is 33.3. The van der Waals surface area contributed by atoms with E-state index in [-0.39, 0.29) is 10.8 Å². The van der Waals surface area contributed by atoms with Gasteiger partial charge in [-0.15, -0.1) is 11.3 Å². The molecule has 5 aliphatic rings. The van der Waals surface area contributed by atoms with Crippen molar-refractivity contribution in [2.24, 2.45) is 23.7 Å². The summed E-state index contributed by atoms with van der Waals surface area (Å²) in [5.74, 6) is 3.39. The van der Waals surface area contributed by atoms with Crippen LogP contribution in [0.3, 0.4) is 0 Å². The predicted molar refractivity (Wildman–Crippen MR) is 245 cm³/mol. The molecule has 0 amide bonds. The lowest BCUT2D eigenvalue weighted by atomic mass is 9.47. The topological polar surface area (TPSA) is 3.24 Å². The van der Waals surface area contributed by atoms with E-state index in [0.29, 0.717) is 0 Å². The van der Waals surface area contributed by atoms with Gasteiger partial charge in [-0.3, -0.25) is 0 Å². The van der Waals surface area contributed by atoms with Crippen molar-refractivity contribution in [3.63, 3.8) is 0 Å². The van der Waals surface area contributed by atoms with E-state index in [2.05, 4.69) is 170 Å². The van der Waals surface area contributed by atoms with Crippen LogP contribution < -0.4 is 4.90 Å². The van der Waals surface area contributed by atoms with Gasteiger partial charge in [0.25, 0.3) is 0 Å². The smallest absolute Gasteiger partial charge is 0.0543 e. The SMILES string of the molecule is CC1(C)c2ccccc2-c2ccc(N(c3ccc(-c4ccc5sc6ccccc6c5c4)cc3)c3cccc4c3-c3ccccc3C43CC4CCC5CC4CC3C5)cc21. The molecule has 0 aliphatic heterocycles. The Morgan fingerprint density at radius 2 is 1.24 bits per heavy atom. The minimum absolute atomic E-state index is 0.0871. The van der Waals surface area contributed by atoms with E-state index in [0.717, 1.165) is 23.7 Å². The summed E-state index contributed by atoms with van der Waals surface area (Å²) in [6, 6.07) is 58.5. The maximum Gasteiger partial charge on any atom is 0.0543 e. The highest BCUT2D eigenvalue weighted by molar-refractivity contribution is 7.25. The van der Waals surface area contributed by atoms with Gasteiger partial charge in [0.2, 0.25) is 0 Å². The number of nitrogens with zero attached hydrogens (tertiary/aromatic N) is 1. The monoisotopic (exact) mass is 765 g/mol. The van der Waals surface area contributed by atoms with Crippen LogP contribution in [0.5, 0.6) is 0 Å². The van der Waals surface area contributed by atoms with Crippen molar-refractivity contribution in [1.29, 1.82) is 0 Å². The van der Waals surface area contributed by atoms with Crippen LogP contribution in [0.4, 0.5) is 17.1 Å². The summed E-state index contributed by atoms with van der Waals surface area (Å²) in [5.41, 5.74) is 17.9. The van der Waals surface area contributed by atoms with Crippen molar-refractivity contribution in [2.45, 2.75) is 63.2 Å². The van der Waals surface area contributed by atoms with Gasteiger partial charge in [0.05, 0.1) is 5.69 Å². The quantitative estimate of drug-likeness (QED) is 0.172. The Morgan fingerprint density at radius 3 is 2.14 bits per heavy atom. The van der Waals surface area contributed by atoms with E-state index >= 15 is 0 Å². The van der Waals surface area contributed by atoms with Crippen molar-refractivity contribution in [3.05, 3.63) is 174 Å². The first kappa shape index (κ1) is 33.5. The largest absolute Gasteiger partial charge is 0.310 e. The van der Waals surface area contributed by atoms with Crippen LogP contribution in [0.2, 0.25) is 0 Å². The Bertz CT molecular complexity index is 2980. The second kappa shape index (κ2) is 12.1. The van der Waals surface area contributed by atoms with Gasteiger partial charge in [-0.05, 0) is 154 Å². The number of thiophene rings is 1. The zero-order valence-corrected chi connectivity index (χ0v) is 34.2. The standard InChI is InChI=1S/C56H47NS/c1-55(2)47-13-6-3-10-42(47)43-26-25-41(32-50(43)55)57(40-23-20-35(21-24-40)36-22-27-53-46(31-36)44-11-5-8-17-52(44)58-53)51-16-9-15-49-54(51)45-12-4-7-14-48(45)56(49)33-37-19-18-34-28-38(37)30-39(56)29-34/h3-17,20-27,31-32,34,37-39H,18-19,28-30,33H2,1-2H3. The van der Waals surface area contributed by atoms with E-state index in [1.165, 1.54) is 120 Å². The van der Waals surface area contributed by atoms with E-state index < -0.39 is 0 Å². The summed E-state index contributed by atoms with van der Waals surface area (Å²) in [6.07, 6.45) is 8.44. The van der Waals surface area contributed by atoms with Crippen LogP contribution in [0.1, 0.15) is 74.6 Å². The summed E-state index contributed by atoms with van der Waals surface area (Å²) in [6.45, 7) is 4.81. The number of hydrogen-bond acceptors (Lipinski definition) is 2. The average molecular weight is 766 g/mol. The molecule has 0 N–H and O–H groups in total. The predicted octanol–water partition coefficient (Wildman–Crippen LogP) is 15.6. The molecular formula is C56H47NS. The van der Waals surface area contributed by atoms with Gasteiger partial charge in [-0.25, -0.2) is 0 Å². The highest BCUT2D eigenvalue weighted by atomic mass is 32.1. The Hall–Kier alpha value is -5.44. The molecule has 5 unspecified atom stereocenters. The van der Waals surface area contributed by atoms with Crippen LogP contribution in [0.15, 0.2) is 152 Å². The molecule has 3 bridgehead atoms. The van der Waals surface area contributed by atoms with E-state index in [4.69, 9.17) is 0 Å². The lowest BCUT2D eigenvalue weighted by Crippen LogP contribution is -2.50. The molecule has 5 aliphatic carbocycles. The molecular weight excluding hydrogens is 719 g/mol. The molecule has 1 heterocycles. The molecule has 3 saturated carbocycles. The minimum atomic E-state index is -0.0871. The summed E-state index contributed by atoms with van der Waals surface area (Å²) in [5, 5.41) is 2.69. The van der Waals surface area contributed by atoms with Gasteiger partial charge in [-0.2, -0.15) is 0 Å². The third-order valence-electron chi connectivity index (χ3n) is 15.8. The Kier molecular flexibility index (Phi) is 6.97. The van der Waals surface area contributed by atoms with Gasteiger partial charge in [0.15, 0.2) is 0 Å². The normalized spacial score (nSPS) is 24.2. The molecule has 13 rings (SSSR count). The highest BCUT2D eigenvalue weighted by Gasteiger charge is 2.58. The van der Waals surface area contributed by atoms with Gasteiger partial charge in [0.1, 0.15) is 0 Å². The van der Waals surface area contributed by atoms with Crippen molar-refractivity contribution >= 4 is 48.6 Å². The maximum atomic E-state index is 2.60. The van der Waals surface area contributed by atoms with Crippen molar-refractivity contribution in [3.8, 4) is 33.4 Å². The van der Waals surface area contributed by atoms with Gasteiger partial charge in [-0.1, -0.05) is 123 Å². The molecule has 7 aromatic carbocycles. The van der Waals surface area contributed by atoms with Gasteiger partial charge < -0.3 is 4.90 Å². The van der Waals surface area contributed by atoms with Crippen molar-refractivity contribution < 1.29 is 0 Å². The number of rotatable bonds is 4. The van der Waals surface area contributed by atoms with Crippen LogP contribution >= 0.6 is 11.3 Å². The second-order valence-corrected chi connectivity index (χ2v) is 20.0. The molecule has 8 aromatic rings. The van der Waals surface area contributed by atoms with Crippen molar-refractivity contribution in [2.75, 3.05) is 4.90 Å². The molecule has 5 atom stereocenters. The van der Waals surface area contributed by atoms with Crippen LogP contribution in [-0.4, -0.2) is 0 Å². The van der Waals surface area contributed by atoms with E-state index in [1.807, 2.05) is 11.3 Å². The lowest BCUT2D eigenvalue weighted by molar-refractivity contribution is -0.0103. The Balaban J connectivity index is 1.00. The minimum Gasteiger partial charge on any atom is -0.310 e. The first-order valence-corrected chi connectivity index (χ1v) is 22.6. The first-order chi connectivity index (χ1) is 28.5. The third-order valence-corrected chi connectivity index (χ3v) is 17.0. The molecule has 0 saturated heterocycles. The number of fused-ring (bicyclic) bond motifs is 14. The molecule has 3 fully saturated rings. The second-order valence-electron chi connectivity index (χ2n) is 18.9. The number of benzene rings is 7. The lowest BCUT2D eigenvalue weighted by Gasteiger charge is -2.57. The summed E-state index contributed by atoms with van der Waals surface area (Å²) in [7, 11) is 0. The van der Waals surface area contributed by atoms with E-state index in [9.17, 15) is 0 Å². The molecule has 282 valence electrons. The Morgan fingerprint density at radius 1 is 0.517 bits per heavy atom. The average Bonchev–Trinajstić information content (AvgIpc) is 3.85. The highest BCUT2D eigenvalue weighted by Crippen LogP contribution is 2.67. The fourth-order valence-corrected chi connectivity index (χ4v) is 14.4. The maximum absolute atomic E-state index is 2.60. The van der Waals surface area contributed by atoms with Gasteiger partial charge in [0, 0.05) is 47.9 Å². The van der Waals surface area contributed by atoms with Gasteiger partial charge >= 0.3 is 0 Å². The molecule has 0 radical (unpaired) electrons. The van der Waals surface area contributed by atoms with E-state index in [1.54, 1.807) is 11.1 Å². The van der Waals surface area contributed by atoms with Crippen LogP contribution in [0.25, 0.3) is 53.6 Å². The van der Waals surface area contributed by atoms with Crippen molar-refractivity contribution in [1.82, 2.24) is 0 Å². The first-order valence-electron chi connectivity index (χ1n) is 21.8. The molecule has 2 heteroatoms. The molecule has 1 spiro atoms. The third kappa shape index (κ3) is 4.53. The number of anilines is 3. The molecule has 1 nitrogen and oxygen atoms in total. The fraction of sp³-hybridized carbons (Fsp3) is 0.250. The zero-order chi connectivity index (χ0) is 38.3. The fourth-order valence-electron chi connectivity index (χ4n) is 13.3. The van der Waals surface area contributed by atoms with Crippen LogP contribution in [-0.2, 0) is 10.8 Å². The van der Waals surface area contributed by atoms with Crippen LogP contribution in [0, 0.1) is 23.7 Å². The number of hydrogen-bond donors (Lipinski definition) is 0. The summed E-state index contributed by atoms with van der Waals surface area (Å²) >= 11 is 1.89. The molecule has 58 heavy (non-hydrogen) atoms. The Labute approximate surface area is 346 Å². The molecule has 1 aromatic heterocycles. The summed E-state index contributed by atoms with van der Waals surface area (Å²) < 4.78 is 2.70. The summed E-state index contributed by atoms with van der Waals surface area (Å²) in [4.78, 5) is 2.60.